The quantitative estimate of drug-likeness (QED) is 0.795. The third-order valence-corrected chi connectivity index (χ3v) is 4.97. The number of hydrogen-bond acceptors (Lipinski definition) is 6. The summed E-state index contributed by atoms with van der Waals surface area (Å²) in [5.41, 5.74) is 7.33. The van der Waals surface area contributed by atoms with E-state index < -0.39 is 11.9 Å². The van der Waals surface area contributed by atoms with E-state index in [9.17, 15) is 9.59 Å². The van der Waals surface area contributed by atoms with E-state index in [-0.39, 0.29) is 18.0 Å². The van der Waals surface area contributed by atoms with Crippen LogP contribution in [0.3, 0.4) is 0 Å². The fourth-order valence-corrected chi connectivity index (χ4v) is 3.41. The van der Waals surface area contributed by atoms with Gasteiger partial charge in [0.15, 0.2) is 0 Å². The van der Waals surface area contributed by atoms with Gasteiger partial charge >= 0.3 is 6.03 Å². The standard InChI is InChI=1S/C19H26ClN7O2/c1-19(2,3)10-15(21)17(28)26(18(29)25-7-4-8-25)11-13-9-14(20)5-6-16(13)27-12-22-23-24-27/h5-6,9,12,15H,4,7-8,10-11,21H2,1-3H3/t15-/m1/s1. The van der Waals surface area contributed by atoms with Gasteiger partial charge in [0.25, 0.3) is 0 Å². The van der Waals surface area contributed by atoms with Gasteiger partial charge in [-0.15, -0.1) is 5.10 Å². The van der Waals surface area contributed by atoms with Crippen molar-refractivity contribution in [1.82, 2.24) is 30.0 Å². The van der Waals surface area contributed by atoms with Crippen LogP contribution >= 0.6 is 11.6 Å². The molecule has 10 heteroatoms. The molecule has 29 heavy (non-hydrogen) atoms. The van der Waals surface area contributed by atoms with Gasteiger partial charge in [0.1, 0.15) is 6.33 Å². The Morgan fingerprint density at radius 2 is 2.03 bits per heavy atom. The molecule has 1 atom stereocenters. The van der Waals surface area contributed by atoms with Gasteiger partial charge in [-0.05, 0) is 52.4 Å². The summed E-state index contributed by atoms with van der Waals surface area (Å²) in [5, 5.41) is 11.7. The predicted octanol–water partition coefficient (Wildman–Crippen LogP) is 2.23. The van der Waals surface area contributed by atoms with Crippen LogP contribution in [0.4, 0.5) is 4.79 Å². The molecular formula is C19H26ClN7O2. The molecule has 9 nitrogen and oxygen atoms in total. The number of rotatable bonds is 5. The van der Waals surface area contributed by atoms with E-state index in [2.05, 4.69) is 15.5 Å². The first-order valence-corrected chi connectivity index (χ1v) is 9.91. The summed E-state index contributed by atoms with van der Waals surface area (Å²) in [7, 11) is 0. The van der Waals surface area contributed by atoms with Crippen molar-refractivity contribution in [1.29, 1.82) is 0 Å². The highest BCUT2D eigenvalue weighted by Gasteiger charge is 2.34. The Morgan fingerprint density at radius 3 is 2.59 bits per heavy atom. The molecule has 0 aliphatic carbocycles. The second kappa shape index (κ2) is 8.46. The first-order valence-electron chi connectivity index (χ1n) is 9.53. The van der Waals surface area contributed by atoms with Crippen LogP contribution in [0.2, 0.25) is 5.02 Å². The zero-order chi connectivity index (χ0) is 21.2. The van der Waals surface area contributed by atoms with Crippen LogP contribution in [0.25, 0.3) is 5.69 Å². The van der Waals surface area contributed by atoms with Gasteiger partial charge in [0, 0.05) is 18.1 Å². The number of urea groups is 1. The zero-order valence-electron chi connectivity index (χ0n) is 16.9. The van der Waals surface area contributed by atoms with Gasteiger partial charge in [0.05, 0.1) is 18.3 Å². The molecule has 0 bridgehead atoms. The number of aromatic nitrogens is 4. The summed E-state index contributed by atoms with van der Waals surface area (Å²) in [6, 6.07) is 4.04. The lowest BCUT2D eigenvalue weighted by atomic mass is 9.88. The van der Waals surface area contributed by atoms with Crippen molar-refractivity contribution in [3.63, 3.8) is 0 Å². The zero-order valence-corrected chi connectivity index (χ0v) is 17.6. The first-order chi connectivity index (χ1) is 13.7. The number of carbonyl (C=O) groups excluding carboxylic acids is 2. The van der Waals surface area contributed by atoms with Crippen LogP contribution < -0.4 is 5.73 Å². The number of amides is 3. The molecular weight excluding hydrogens is 394 g/mol. The van der Waals surface area contributed by atoms with Crippen molar-refractivity contribution >= 4 is 23.5 Å². The number of benzene rings is 1. The van der Waals surface area contributed by atoms with Crippen LogP contribution in [0.1, 0.15) is 39.2 Å². The Hall–Kier alpha value is -2.52. The third kappa shape index (κ3) is 5.10. The number of likely N-dealkylation sites (tertiary alicyclic amines) is 1. The number of halogens is 1. The molecule has 1 fully saturated rings. The summed E-state index contributed by atoms with van der Waals surface area (Å²) in [5.74, 6) is -0.403. The SMILES string of the molecule is CC(C)(C)C[C@@H](N)C(=O)N(Cc1cc(Cl)ccc1-n1cnnn1)C(=O)N1CCC1. The molecule has 0 saturated carbocycles. The normalized spacial score (nSPS) is 15.0. The highest BCUT2D eigenvalue weighted by atomic mass is 35.5. The number of tetrazole rings is 1. The summed E-state index contributed by atoms with van der Waals surface area (Å²) in [4.78, 5) is 29.0. The Kier molecular flexibility index (Phi) is 6.18. The maximum Gasteiger partial charge on any atom is 0.327 e. The van der Waals surface area contributed by atoms with E-state index in [4.69, 9.17) is 17.3 Å². The summed E-state index contributed by atoms with van der Waals surface area (Å²) in [6.45, 7) is 7.32. The summed E-state index contributed by atoms with van der Waals surface area (Å²) >= 11 is 6.19. The van der Waals surface area contributed by atoms with Crippen LogP contribution in [0.15, 0.2) is 24.5 Å². The number of carbonyl (C=O) groups is 2. The van der Waals surface area contributed by atoms with Gasteiger partial charge in [-0.3, -0.25) is 9.69 Å². The Labute approximate surface area is 174 Å². The lowest BCUT2D eigenvalue weighted by molar-refractivity contribution is -0.131. The highest BCUT2D eigenvalue weighted by Crippen LogP contribution is 2.25. The molecule has 1 saturated heterocycles. The minimum absolute atomic E-state index is 0.0295. The fraction of sp³-hybridized carbons (Fsp3) is 0.526. The first kappa shape index (κ1) is 21.2. The molecule has 1 aliphatic rings. The molecule has 0 unspecified atom stereocenters. The van der Waals surface area contributed by atoms with Gasteiger partial charge in [-0.2, -0.15) is 0 Å². The van der Waals surface area contributed by atoms with Gasteiger partial charge in [0.2, 0.25) is 5.91 Å². The van der Waals surface area contributed by atoms with Crippen molar-refractivity contribution in [3.8, 4) is 5.69 Å². The molecule has 0 spiro atoms. The Balaban J connectivity index is 1.92. The van der Waals surface area contributed by atoms with Gasteiger partial charge < -0.3 is 10.6 Å². The lowest BCUT2D eigenvalue weighted by Crippen LogP contribution is -2.55. The van der Waals surface area contributed by atoms with Crippen LogP contribution in [-0.4, -0.2) is 61.1 Å². The Bertz CT molecular complexity index is 875. The van der Waals surface area contributed by atoms with Crippen molar-refractivity contribution in [3.05, 3.63) is 35.1 Å². The van der Waals surface area contributed by atoms with E-state index in [0.29, 0.717) is 35.8 Å². The third-order valence-electron chi connectivity index (χ3n) is 4.74. The monoisotopic (exact) mass is 419 g/mol. The number of nitrogens with two attached hydrogens (primary N) is 1. The van der Waals surface area contributed by atoms with E-state index in [1.807, 2.05) is 20.8 Å². The minimum atomic E-state index is -0.782. The smallest absolute Gasteiger partial charge is 0.324 e. The van der Waals surface area contributed by atoms with Crippen LogP contribution in [-0.2, 0) is 11.3 Å². The number of imide groups is 1. The Morgan fingerprint density at radius 1 is 1.31 bits per heavy atom. The van der Waals surface area contributed by atoms with Crippen molar-refractivity contribution in [2.45, 2.75) is 46.2 Å². The van der Waals surface area contributed by atoms with Crippen LogP contribution in [0, 0.1) is 5.41 Å². The molecule has 1 aromatic heterocycles. The van der Waals surface area contributed by atoms with E-state index >= 15 is 0 Å². The molecule has 1 aromatic carbocycles. The van der Waals surface area contributed by atoms with Crippen molar-refractivity contribution in [2.24, 2.45) is 11.1 Å². The highest BCUT2D eigenvalue weighted by molar-refractivity contribution is 6.30. The predicted molar refractivity (Wildman–Crippen MR) is 108 cm³/mol. The molecule has 2 aromatic rings. The van der Waals surface area contributed by atoms with Gasteiger partial charge in [-0.1, -0.05) is 32.4 Å². The van der Waals surface area contributed by atoms with E-state index in [0.717, 1.165) is 6.42 Å². The molecule has 3 rings (SSSR count). The molecule has 3 amide bonds. The largest absolute Gasteiger partial charge is 0.327 e. The molecule has 0 radical (unpaired) electrons. The summed E-state index contributed by atoms with van der Waals surface area (Å²) in [6.07, 6.45) is 2.83. The maximum atomic E-state index is 13.2. The topological polar surface area (TPSA) is 110 Å². The van der Waals surface area contributed by atoms with E-state index in [1.165, 1.54) is 15.9 Å². The van der Waals surface area contributed by atoms with Crippen LogP contribution in [0.5, 0.6) is 0 Å². The van der Waals surface area contributed by atoms with E-state index in [1.54, 1.807) is 23.1 Å². The second-order valence-corrected chi connectivity index (χ2v) is 8.88. The van der Waals surface area contributed by atoms with Crippen molar-refractivity contribution in [2.75, 3.05) is 13.1 Å². The molecule has 2 N–H and O–H groups in total. The lowest BCUT2D eigenvalue weighted by Gasteiger charge is -2.36. The van der Waals surface area contributed by atoms with Gasteiger partial charge in [-0.25, -0.2) is 9.48 Å². The fourth-order valence-electron chi connectivity index (χ4n) is 3.21. The maximum absolute atomic E-state index is 13.2. The molecule has 1 aliphatic heterocycles. The average Bonchev–Trinajstić information content (AvgIpc) is 3.10. The second-order valence-electron chi connectivity index (χ2n) is 8.45. The molecule has 2 heterocycles. The minimum Gasteiger partial charge on any atom is -0.324 e. The summed E-state index contributed by atoms with van der Waals surface area (Å²) < 4.78 is 1.47. The van der Waals surface area contributed by atoms with Crippen molar-refractivity contribution < 1.29 is 9.59 Å². The number of hydrogen-bond donors (Lipinski definition) is 1. The molecule has 156 valence electrons. The number of nitrogens with zero attached hydrogens (tertiary/aromatic N) is 6. The average molecular weight is 420 g/mol.